The van der Waals surface area contributed by atoms with E-state index in [1.807, 2.05) is 18.2 Å². The molecule has 0 aliphatic rings. The molecule has 0 fully saturated rings. The Kier molecular flexibility index (Phi) is 7.49. The summed E-state index contributed by atoms with van der Waals surface area (Å²) in [7, 11) is 3.11. The molecule has 0 heterocycles. The topological polar surface area (TPSA) is 67.9 Å². The summed E-state index contributed by atoms with van der Waals surface area (Å²) < 4.78 is 10.7. The molecular weight excluding hydrogens is 368 g/mol. The Labute approximate surface area is 164 Å². The fourth-order valence-electron chi connectivity index (χ4n) is 2.50. The first-order valence-corrected chi connectivity index (χ1v) is 8.85. The molecule has 6 nitrogen and oxygen atoms in total. The molecule has 1 atom stereocenters. The minimum atomic E-state index is -0.668. The van der Waals surface area contributed by atoms with Crippen molar-refractivity contribution >= 4 is 23.4 Å². The molecule has 1 unspecified atom stereocenters. The van der Waals surface area contributed by atoms with Crippen molar-refractivity contribution in [2.45, 2.75) is 19.5 Å². The van der Waals surface area contributed by atoms with Gasteiger partial charge in [-0.15, -0.1) is 0 Å². The normalized spacial score (nSPS) is 11.4. The molecule has 1 N–H and O–H groups in total. The summed E-state index contributed by atoms with van der Waals surface area (Å²) in [5.41, 5.74) is 0.757. The molecule has 0 saturated heterocycles. The highest BCUT2D eigenvalue weighted by molar-refractivity contribution is 6.31. The first-order chi connectivity index (χ1) is 13.0. The molecule has 27 heavy (non-hydrogen) atoms. The summed E-state index contributed by atoms with van der Waals surface area (Å²) in [6.45, 7) is 1.68. The van der Waals surface area contributed by atoms with E-state index in [1.54, 1.807) is 44.4 Å². The number of benzene rings is 2. The van der Waals surface area contributed by atoms with E-state index in [0.717, 1.165) is 5.56 Å². The number of nitrogens with zero attached hydrogens (tertiary/aromatic N) is 1. The number of halogens is 1. The maximum absolute atomic E-state index is 12.8. The van der Waals surface area contributed by atoms with E-state index in [9.17, 15) is 9.59 Å². The van der Waals surface area contributed by atoms with Crippen LogP contribution >= 0.6 is 11.6 Å². The summed E-state index contributed by atoms with van der Waals surface area (Å²) >= 11 is 6.21. The largest absolute Gasteiger partial charge is 0.497 e. The number of hydrogen-bond acceptors (Lipinski definition) is 4. The highest BCUT2D eigenvalue weighted by Crippen LogP contribution is 2.20. The minimum Gasteiger partial charge on any atom is -0.497 e. The van der Waals surface area contributed by atoms with Crippen LogP contribution in [0.15, 0.2) is 48.5 Å². The quantitative estimate of drug-likeness (QED) is 0.752. The summed E-state index contributed by atoms with van der Waals surface area (Å²) in [6.07, 6.45) is 0. The van der Waals surface area contributed by atoms with E-state index < -0.39 is 6.04 Å². The van der Waals surface area contributed by atoms with Gasteiger partial charge in [0.05, 0.1) is 7.11 Å². The molecule has 0 radical (unpaired) electrons. The zero-order chi connectivity index (χ0) is 19.8. The Bertz CT molecular complexity index is 780. The van der Waals surface area contributed by atoms with E-state index in [-0.39, 0.29) is 25.0 Å². The van der Waals surface area contributed by atoms with Crippen LogP contribution in [0, 0.1) is 0 Å². The van der Waals surface area contributed by atoms with Gasteiger partial charge in [0, 0.05) is 18.6 Å². The second-order valence-corrected chi connectivity index (χ2v) is 6.27. The smallest absolute Gasteiger partial charge is 0.261 e. The lowest BCUT2D eigenvalue weighted by Gasteiger charge is -2.28. The van der Waals surface area contributed by atoms with E-state index in [4.69, 9.17) is 21.1 Å². The second-order valence-electron chi connectivity index (χ2n) is 5.87. The molecule has 0 spiro atoms. The van der Waals surface area contributed by atoms with E-state index >= 15 is 0 Å². The molecule has 0 saturated carbocycles. The van der Waals surface area contributed by atoms with Crippen molar-refractivity contribution in [2.24, 2.45) is 0 Å². The molecule has 0 aliphatic carbocycles. The number of amides is 2. The highest BCUT2D eigenvalue weighted by Gasteiger charge is 2.26. The molecule has 0 bridgehead atoms. The number of carbonyl (C=O) groups is 2. The van der Waals surface area contributed by atoms with Crippen LogP contribution in [0.5, 0.6) is 11.5 Å². The number of methoxy groups -OCH3 is 1. The first-order valence-electron chi connectivity index (χ1n) is 8.47. The average Bonchev–Trinajstić information content (AvgIpc) is 2.70. The van der Waals surface area contributed by atoms with Crippen molar-refractivity contribution in [1.29, 1.82) is 0 Å². The van der Waals surface area contributed by atoms with Crippen molar-refractivity contribution in [3.05, 3.63) is 59.1 Å². The van der Waals surface area contributed by atoms with Gasteiger partial charge in [-0.25, -0.2) is 0 Å². The minimum absolute atomic E-state index is 0.196. The first kappa shape index (κ1) is 20.6. The van der Waals surface area contributed by atoms with E-state index in [0.29, 0.717) is 16.5 Å². The Hall–Kier alpha value is -2.73. The Morgan fingerprint density at radius 1 is 1.11 bits per heavy atom. The molecule has 2 aromatic carbocycles. The monoisotopic (exact) mass is 390 g/mol. The predicted octanol–water partition coefficient (Wildman–Crippen LogP) is 2.89. The van der Waals surface area contributed by atoms with E-state index in [1.165, 1.54) is 11.9 Å². The van der Waals surface area contributed by atoms with Crippen molar-refractivity contribution in [2.75, 3.05) is 20.8 Å². The summed E-state index contributed by atoms with van der Waals surface area (Å²) in [5, 5.41) is 3.10. The van der Waals surface area contributed by atoms with Gasteiger partial charge in [-0.1, -0.05) is 29.8 Å². The molecule has 2 amide bonds. The Morgan fingerprint density at radius 3 is 2.33 bits per heavy atom. The zero-order valence-corrected chi connectivity index (χ0v) is 16.3. The lowest BCUT2D eigenvalue weighted by molar-refractivity contribution is -0.142. The van der Waals surface area contributed by atoms with Crippen LogP contribution in [0.3, 0.4) is 0 Å². The van der Waals surface area contributed by atoms with Crippen molar-refractivity contribution in [3.63, 3.8) is 0 Å². The zero-order valence-electron chi connectivity index (χ0n) is 15.6. The van der Waals surface area contributed by atoms with Gasteiger partial charge in [0.2, 0.25) is 5.91 Å². The third kappa shape index (κ3) is 5.62. The van der Waals surface area contributed by atoms with Gasteiger partial charge in [-0.3, -0.25) is 9.59 Å². The molecule has 2 rings (SSSR count). The third-order valence-corrected chi connectivity index (χ3v) is 4.50. The van der Waals surface area contributed by atoms with Crippen LogP contribution in [-0.2, 0) is 16.1 Å². The van der Waals surface area contributed by atoms with Gasteiger partial charge >= 0.3 is 0 Å². The fourth-order valence-corrected chi connectivity index (χ4v) is 2.70. The maximum Gasteiger partial charge on any atom is 0.261 e. The van der Waals surface area contributed by atoms with Crippen molar-refractivity contribution < 1.29 is 19.1 Å². The van der Waals surface area contributed by atoms with Crippen LogP contribution in [0.2, 0.25) is 5.02 Å². The number of nitrogens with one attached hydrogen (secondary N) is 1. The van der Waals surface area contributed by atoms with Crippen molar-refractivity contribution in [3.8, 4) is 11.5 Å². The number of hydrogen-bond donors (Lipinski definition) is 1. The number of ether oxygens (including phenoxy) is 2. The molecule has 2 aromatic rings. The van der Waals surface area contributed by atoms with Crippen LogP contribution in [-0.4, -0.2) is 43.5 Å². The van der Waals surface area contributed by atoms with Crippen molar-refractivity contribution in [1.82, 2.24) is 10.2 Å². The van der Waals surface area contributed by atoms with E-state index in [2.05, 4.69) is 5.32 Å². The standard InChI is InChI=1S/C20H23ClN2O4/c1-14(20(25)22-2)23(12-15-6-4-5-7-18(15)21)19(24)13-27-17-10-8-16(26-3)9-11-17/h4-11,14H,12-13H2,1-3H3,(H,22,25). The molecule has 7 heteroatoms. The Balaban J connectivity index is 2.12. The predicted molar refractivity (Wildman–Crippen MR) is 104 cm³/mol. The molecule has 0 aromatic heterocycles. The lowest BCUT2D eigenvalue weighted by atomic mass is 10.1. The number of likely N-dealkylation sites (N-methyl/N-ethyl adjacent to an activating group) is 1. The van der Waals surface area contributed by atoms with Gasteiger partial charge in [0.15, 0.2) is 6.61 Å². The average molecular weight is 391 g/mol. The van der Waals surface area contributed by atoms with Gasteiger partial charge in [0.1, 0.15) is 17.5 Å². The number of carbonyl (C=O) groups excluding carboxylic acids is 2. The van der Waals surface area contributed by atoms with Crippen LogP contribution in [0.4, 0.5) is 0 Å². The van der Waals surface area contributed by atoms with Gasteiger partial charge in [-0.05, 0) is 42.8 Å². The molecule has 0 aliphatic heterocycles. The fraction of sp³-hybridized carbons (Fsp3) is 0.300. The summed E-state index contributed by atoms with van der Waals surface area (Å²) in [4.78, 5) is 26.3. The maximum atomic E-state index is 12.8. The summed E-state index contributed by atoms with van der Waals surface area (Å²) in [5.74, 6) is 0.651. The van der Waals surface area contributed by atoms with Crippen LogP contribution in [0.25, 0.3) is 0 Å². The van der Waals surface area contributed by atoms with Crippen LogP contribution in [0.1, 0.15) is 12.5 Å². The number of rotatable bonds is 8. The third-order valence-electron chi connectivity index (χ3n) is 4.13. The summed E-state index contributed by atoms with van der Waals surface area (Å²) in [6, 6.07) is 13.5. The van der Waals surface area contributed by atoms with Gasteiger partial charge in [-0.2, -0.15) is 0 Å². The van der Waals surface area contributed by atoms with Gasteiger partial charge < -0.3 is 19.7 Å². The van der Waals surface area contributed by atoms with Gasteiger partial charge in [0.25, 0.3) is 5.91 Å². The lowest BCUT2D eigenvalue weighted by Crippen LogP contribution is -2.48. The second kappa shape index (κ2) is 9.83. The van der Waals surface area contributed by atoms with Crippen LogP contribution < -0.4 is 14.8 Å². The SMILES string of the molecule is CNC(=O)C(C)N(Cc1ccccc1Cl)C(=O)COc1ccc(OC)cc1. The Morgan fingerprint density at radius 2 is 1.74 bits per heavy atom. The highest BCUT2D eigenvalue weighted by atomic mass is 35.5. The molecule has 144 valence electrons. The molecular formula is C20H23ClN2O4.